The molecule has 0 spiro atoms. The summed E-state index contributed by atoms with van der Waals surface area (Å²) < 4.78 is 16.1. The topological polar surface area (TPSA) is 133 Å². The number of fused-ring (bicyclic) bond motifs is 1. The third-order valence-corrected chi connectivity index (χ3v) is 4.18. The molecule has 27 heavy (non-hydrogen) atoms. The summed E-state index contributed by atoms with van der Waals surface area (Å²) in [6.07, 6.45) is 0.812. The van der Waals surface area contributed by atoms with Crippen molar-refractivity contribution in [3.8, 4) is 11.5 Å². The van der Waals surface area contributed by atoms with Crippen LogP contribution in [-0.2, 0) is 4.79 Å². The number of aromatic hydroxyl groups is 1. The second kappa shape index (κ2) is 6.99. The number of rotatable bonds is 5. The minimum atomic E-state index is -1.08. The van der Waals surface area contributed by atoms with E-state index in [-0.39, 0.29) is 28.9 Å². The number of amides is 1. The summed E-state index contributed by atoms with van der Waals surface area (Å²) in [6, 6.07) is 5.82. The van der Waals surface area contributed by atoms with E-state index in [1.807, 2.05) is 0 Å². The van der Waals surface area contributed by atoms with Crippen LogP contribution < -0.4 is 21.3 Å². The van der Waals surface area contributed by atoms with Gasteiger partial charge in [0.2, 0.25) is 17.1 Å². The fourth-order valence-corrected chi connectivity index (χ4v) is 2.90. The number of primary amides is 1. The van der Waals surface area contributed by atoms with Gasteiger partial charge in [-0.3, -0.25) is 14.4 Å². The van der Waals surface area contributed by atoms with Crippen LogP contribution in [0, 0.1) is 6.92 Å². The highest BCUT2D eigenvalue weighted by molar-refractivity contribution is 5.80. The van der Waals surface area contributed by atoms with Gasteiger partial charge in [0, 0.05) is 18.1 Å². The van der Waals surface area contributed by atoms with Gasteiger partial charge >= 0.3 is 0 Å². The number of hydrogen-bond donors (Lipinski definition) is 2. The van der Waals surface area contributed by atoms with Crippen molar-refractivity contribution in [3.63, 3.8) is 0 Å². The maximum atomic E-state index is 13.0. The second-order valence-electron chi connectivity index (χ2n) is 6.04. The number of hydrogen-bond acceptors (Lipinski definition) is 7. The van der Waals surface area contributed by atoms with Gasteiger partial charge in [0.25, 0.3) is 0 Å². The SMILES string of the molecule is COc1ccc2occ([C@@H](CC(N)=O)c3oc(C)cc(=O)c3O)c(=O)c2c1. The van der Waals surface area contributed by atoms with Crippen molar-refractivity contribution in [2.45, 2.75) is 19.3 Å². The van der Waals surface area contributed by atoms with Crippen molar-refractivity contribution in [3.05, 3.63) is 68.1 Å². The van der Waals surface area contributed by atoms with Gasteiger partial charge in [-0.15, -0.1) is 0 Å². The molecule has 8 nitrogen and oxygen atoms in total. The van der Waals surface area contributed by atoms with Gasteiger partial charge in [-0.1, -0.05) is 0 Å². The van der Waals surface area contributed by atoms with Gasteiger partial charge in [0.1, 0.15) is 17.1 Å². The van der Waals surface area contributed by atoms with Crippen LogP contribution in [0.1, 0.15) is 29.4 Å². The number of aryl methyl sites for hydroxylation is 1. The smallest absolute Gasteiger partial charge is 0.227 e. The normalized spacial score (nSPS) is 12.1. The Hall–Kier alpha value is -3.55. The predicted octanol–water partition coefficient (Wildman–Crippen LogP) is 1.78. The molecule has 3 aromatic rings. The lowest BCUT2D eigenvalue weighted by Crippen LogP contribution is -2.22. The van der Waals surface area contributed by atoms with Gasteiger partial charge < -0.3 is 24.4 Å². The molecule has 0 bridgehead atoms. The lowest BCUT2D eigenvalue weighted by molar-refractivity contribution is -0.118. The first kappa shape index (κ1) is 18.2. The number of carbonyl (C=O) groups is 1. The molecule has 0 saturated heterocycles. The average Bonchev–Trinajstić information content (AvgIpc) is 2.63. The van der Waals surface area contributed by atoms with E-state index in [4.69, 9.17) is 19.3 Å². The van der Waals surface area contributed by atoms with Gasteiger partial charge in [-0.25, -0.2) is 0 Å². The highest BCUT2D eigenvalue weighted by Crippen LogP contribution is 2.32. The lowest BCUT2D eigenvalue weighted by atomic mass is 9.92. The standard InChI is InChI=1S/C19H17NO7/c1-9-5-14(21)18(24)19(27-9)11(7-16(20)22)13-8-26-15-4-3-10(25-2)6-12(15)17(13)23/h3-6,8,11,24H,7H2,1-2H3,(H2,20,22)/t11-/m1/s1. The summed E-state index contributed by atoms with van der Waals surface area (Å²) in [5.41, 5.74) is 4.51. The molecule has 0 aliphatic carbocycles. The largest absolute Gasteiger partial charge is 0.502 e. The summed E-state index contributed by atoms with van der Waals surface area (Å²) >= 11 is 0. The molecule has 140 valence electrons. The molecular weight excluding hydrogens is 354 g/mol. The van der Waals surface area contributed by atoms with Crippen molar-refractivity contribution in [2.75, 3.05) is 7.11 Å². The van der Waals surface area contributed by atoms with E-state index in [0.717, 1.165) is 6.07 Å². The zero-order valence-corrected chi connectivity index (χ0v) is 14.6. The molecule has 0 saturated carbocycles. The third kappa shape index (κ3) is 3.41. The number of methoxy groups -OCH3 is 1. The van der Waals surface area contributed by atoms with Crippen molar-refractivity contribution in [1.29, 1.82) is 0 Å². The predicted molar refractivity (Wildman–Crippen MR) is 96.1 cm³/mol. The maximum Gasteiger partial charge on any atom is 0.227 e. The average molecular weight is 371 g/mol. The van der Waals surface area contributed by atoms with Gasteiger partial charge in [0.05, 0.1) is 24.7 Å². The minimum Gasteiger partial charge on any atom is -0.502 e. The molecule has 3 N–H and O–H groups in total. The van der Waals surface area contributed by atoms with Crippen molar-refractivity contribution in [2.24, 2.45) is 5.73 Å². The number of carbonyl (C=O) groups excluding carboxylic acids is 1. The maximum absolute atomic E-state index is 13.0. The molecule has 1 atom stereocenters. The molecule has 1 amide bonds. The minimum absolute atomic E-state index is 0.0265. The second-order valence-corrected chi connectivity index (χ2v) is 6.04. The summed E-state index contributed by atoms with van der Waals surface area (Å²) in [5, 5.41) is 10.4. The Kier molecular flexibility index (Phi) is 4.72. The van der Waals surface area contributed by atoms with Crippen molar-refractivity contribution < 1.29 is 23.5 Å². The first-order valence-electron chi connectivity index (χ1n) is 8.03. The van der Waals surface area contributed by atoms with Crippen LogP contribution in [-0.4, -0.2) is 18.1 Å². The Morgan fingerprint density at radius 1 is 1.30 bits per heavy atom. The number of benzene rings is 1. The highest BCUT2D eigenvalue weighted by Gasteiger charge is 2.28. The van der Waals surface area contributed by atoms with E-state index in [0.29, 0.717) is 11.3 Å². The molecule has 0 radical (unpaired) electrons. The number of nitrogens with two attached hydrogens (primary N) is 1. The summed E-state index contributed by atoms with van der Waals surface area (Å²) in [6.45, 7) is 1.51. The van der Waals surface area contributed by atoms with E-state index in [1.165, 1.54) is 26.4 Å². The molecule has 8 heteroatoms. The van der Waals surface area contributed by atoms with E-state index in [2.05, 4.69) is 0 Å². The van der Waals surface area contributed by atoms with E-state index < -0.39 is 28.4 Å². The Morgan fingerprint density at radius 3 is 2.70 bits per heavy atom. The molecule has 1 aromatic carbocycles. The van der Waals surface area contributed by atoms with E-state index in [9.17, 15) is 19.5 Å². The summed E-state index contributed by atoms with van der Waals surface area (Å²) in [7, 11) is 1.46. The fourth-order valence-electron chi connectivity index (χ4n) is 2.90. The van der Waals surface area contributed by atoms with E-state index >= 15 is 0 Å². The first-order chi connectivity index (χ1) is 12.8. The van der Waals surface area contributed by atoms with Gasteiger partial charge in [-0.05, 0) is 25.1 Å². The third-order valence-electron chi connectivity index (χ3n) is 4.18. The van der Waals surface area contributed by atoms with Gasteiger partial charge in [-0.2, -0.15) is 0 Å². The quantitative estimate of drug-likeness (QED) is 0.698. The Labute approximate surface area is 152 Å². The molecule has 0 fully saturated rings. The Balaban J connectivity index is 2.28. The van der Waals surface area contributed by atoms with Crippen LogP contribution >= 0.6 is 0 Å². The molecule has 0 unspecified atom stereocenters. The zero-order chi connectivity index (χ0) is 19.7. The molecule has 2 heterocycles. The molecule has 2 aromatic heterocycles. The molecule has 0 aliphatic heterocycles. The fraction of sp³-hybridized carbons (Fsp3) is 0.211. The zero-order valence-electron chi connectivity index (χ0n) is 14.6. The summed E-state index contributed by atoms with van der Waals surface area (Å²) in [4.78, 5) is 36.5. The van der Waals surface area contributed by atoms with Crippen LogP contribution in [0.5, 0.6) is 11.5 Å². The van der Waals surface area contributed by atoms with Crippen LogP contribution in [0.15, 0.2) is 49.0 Å². The van der Waals surface area contributed by atoms with Crippen LogP contribution in [0.3, 0.4) is 0 Å². The van der Waals surface area contributed by atoms with Gasteiger partial charge in [0.15, 0.2) is 11.2 Å². The molecule has 3 rings (SSSR count). The monoisotopic (exact) mass is 371 g/mol. The van der Waals surface area contributed by atoms with Crippen LogP contribution in [0.25, 0.3) is 11.0 Å². The molecular formula is C19H17NO7. The Bertz CT molecular complexity index is 1140. The number of ether oxygens (including phenoxy) is 1. The van der Waals surface area contributed by atoms with E-state index in [1.54, 1.807) is 12.1 Å². The molecule has 0 aliphatic rings. The Morgan fingerprint density at radius 2 is 2.04 bits per heavy atom. The lowest BCUT2D eigenvalue weighted by Gasteiger charge is -2.16. The van der Waals surface area contributed by atoms with Crippen LogP contribution in [0.2, 0.25) is 0 Å². The first-order valence-corrected chi connectivity index (χ1v) is 8.03. The van der Waals surface area contributed by atoms with Crippen LogP contribution in [0.4, 0.5) is 0 Å². The van der Waals surface area contributed by atoms with Crippen molar-refractivity contribution in [1.82, 2.24) is 0 Å². The van der Waals surface area contributed by atoms with Crippen molar-refractivity contribution >= 4 is 16.9 Å². The summed E-state index contributed by atoms with van der Waals surface area (Å²) in [5.74, 6) is -2.06. The highest BCUT2D eigenvalue weighted by atomic mass is 16.5.